The molecule has 78 valence electrons. The third-order valence-electron chi connectivity index (χ3n) is 1.97. The maximum Gasteiger partial charge on any atom is 0.157 e. The van der Waals surface area contributed by atoms with Crippen molar-refractivity contribution in [3.05, 3.63) is 0 Å². The van der Waals surface area contributed by atoms with Gasteiger partial charge in [-0.05, 0) is 25.7 Å². The molecule has 0 aromatic carbocycles. The summed E-state index contributed by atoms with van der Waals surface area (Å²) in [5.41, 5.74) is 0. The van der Waals surface area contributed by atoms with E-state index >= 15 is 0 Å². The van der Waals surface area contributed by atoms with Gasteiger partial charge >= 0.3 is 0 Å². The van der Waals surface area contributed by atoms with Gasteiger partial charge in [-0.15, -0.1) is 0 Å². The zero-order valence-electron chi connectivity index (χ0n) is 7.91. The van der Waals surface area contributed by atoms with E-state index in [0.29, 0.717) is 13.2 Å². The summed E-state index contributed by atoms with van der Waals surface area (Å²) in [6.45, 7) is 1.80. The molecule has 0 saturated carbocycles. The van der Waals surface area contributed by atoms with Crippen LogP contribution < -0.4 is 0 Å². The fourth-order valence-corrected chi connectivity index (χ4v) is 1.28. The van der Waals surface area contributed by atoms with Crippen LogP contribution in [0.15, 0.2) is 0 Å². The van der Waals surface area contributed by atoms with Gasteiger partial charge in [-0.3, -0.25) is 0 Å². The van der Waals surface area contributed by atoms with E-state index in [2.05, 4.69) is 0 Å². The van der Waals surface area contributed by atoms with E-state index in [1.807, 2.05) is 0 Å². The molecule has 0 radical (unpaired) electrons. The average Bonchev–Trinajstić information content (AvgIpc) is 2.19. The van der Waals surface area contributed by atoms with E-state index < -0.39 is 0 Å². The van der Waals surface area contributed by atoms with Crippen LogP contribution in [0.25, 0.3) is 0 Å². The fourth-order valence-electron chi connectivity index (χ4n) is 1.28. The van der Waals surface area contributed by atoms with Gasteiger partial charge in [-0.2, -0.15) is 0 Å². The molecule has 0 amide bonds. The van der Waals surface area contributed by atoms with Crippen LogP contribution in [-0.4, -0.2) is 38.0 Å². The van der Waals surface area contributed by atoms with Crippen molar-refractivity contribution in [3.63, 3.8) is 0 Å². The fraction of sp³-hybridized carbons (Fsp3) is 1.00. The van der Waals surface area contributed by atoms with Gasteiger partial charge in [0, 0.05) is 6.61 Å². The summed E-state index contributed by atoms with van der Waals surface area (Å²) in [7, 11) is 0. The SMILES string of the molecule is OCOCCCOC1CCCCO1. The van der Waals surface area contributed by atoms with Crippen molar-refractivity contribution >= 4 is 0 Å². The summed E-state index contributed by atoms with van der Waals surface area (Å²) < 4.78 is 15.6. The number of ether oxygens (including phenoxy) is 3. The standard InChI is InChI=1S/C9H18O4/c10-8-11-5-3-7-13-9-4-1-2-6-12-9/h9-10H,1-8H2. The maximum absolute atomic E-state index is 8.33. The van der Waals surface area contributed by atoms with Crippen molar-refractivity contribution in [1.82, 2.24) is 0 Å². The highest BCUT2D eigenvalue weighted by molar-refractivity contribution is 4.53. The lowest BCUT2D eigenvalue weighted by atomic mass is 10.2. The minimum Gasteiger partial charge on any atom is -0.371 e. The minimum atomic E-state index is -0.208. The molecular formula is C9H18O4. The normalized spacial score (nSPS) is 23.3. The molecule has 0 spiro atoms. The molecule has 1 unspecified atom stereocenters. The lowest BCUT2D eigenvalue weighted by Gasteiger charge is -2.22. The van der Waals surface area contributed by atoms with Gasteiger partial charge in [-0.1, -0.05) is 0 Å². The largest absolute Gasteiger partial charge is 0.371 e. The number of hydrogen-bond acceptors (Lipinski definition) is 4. The quantitative estimate of drug-likeness (QED) is 0.499. The van der Waals surface area contributed by atoms with E-state index in [0.717, 1.165) is 25.9 Å². The topological polar surface area (TPSA) is 47.9 Å². The Balaban J connectivity index is 1.86. The highest BCUT2D eigenvalue weighted by Gasteiger charge is 2.12. The second-order valence-corrected chi connectivity index (χ2v) is 3.06. The molecule has 1 fully saturated rings. The molecule has 1 saturated heterocycles. The van der Waals surface area contributed by atoms with Crippen LogP contribution in [-0.2, 0) is 14.2 Å². The minimum absolute atomic E-state index is 0.0112. The van der Waals surface area contributed by atoms with Crippen LogP contribution in [0.4, 0.5) is 0 Å². The van der Waals surface area contributed by atoms with Crippen LogP contribution in [0.3, 0.4) is 0 Å². The van der Waals surface area contributed by atoms with Crippen molar-refractivity contribution in [2.24, 2.45) is 0 Å². The highest BCUT2D eigenvalue weighted by atomic mass is 16.7. The Kier molecular flexibility index (Phi) is 6.10. The Morgan fingerprint density at radius 1 is 1.31 bits per heavy atom. The van der Waals surface area contributed by atoms with Crippen LogP contribution in [0.1, 0.15) is 25.7 Å². The second-order valence-electron chi connectivity index (χ2n) is 3.06. The lowest BCUT2D eigenvalue weighted by molar-refractivity contribution is -0.164. The van der Waals surface area contributed by atoms with Crippen LogP contribution in [0, 0.1) is 0 Å². The molecule has 1 N–H and O–H groups in total. The first-order valence-corrected chi connectivity index (χ1v) is 4.85. The van der Waals surface area contributed by atoms with Gasteiger partial charge in [0.15, 0.2) is 6.29 Å². The van der Waals surface area contributed by atoms with E-state index in [9.17, 15) is 0 Å². The second kappa shape index (κ2) is 7.26. The van der Waals surface area contributed by atoms with Crippen molar-refractivity contribution in [1.29, 1.82) is 0 Å². The Bertz CT molecular complexity index is 112. The zero-order valence-corrected chi connectivity index (χ0v) is 7.91. The first kappa shape index (κ1) is 10.9. The first-order chi connectivity index (χ1) is 6.43. The highest BCUT2D eigenvalue weighted by Crippen LogP contribution is 2.13. The first-order valence-electron chi connectivity index (χ1n) is 4.85. The van der Waals surface area contributed by atoms with E-state index in [4.69, 9.17) is 19.3 Å². The van der Waals surface area contributed by atoms with Crippen molar-refractivity contribution in [3.8, 4) is 0 Å². The smallest absolute Gasteiger partial charge is 0.157 e. The predicted octanol–water partition coefficient (Wildman–Crippen LogP) is 0.886. The Morgan fingerprint density at radius 3 is 2.92 bits per heavy atom. The molecule has 1 rings (SSSR count). The molecule has 0 bridgehead atoms. The van der Waals surface area contributed by atoms with E-state index in [-0.39, 0.29) is 13.1 Å². The van der Waals surface area contributed by atoms with Gasteiger partial charge < -0.3 is 19.3 Å². The summed E-state index contributed by atoms with van der Waals surface area (Å²) in [6.07, 6.45) is 4.13. The van der Waals surface area contributed by atoms with E-state index in [1.54, 1.807) is 0 Å². The van der Waals surface area contributed by atoms with Crippen molar-refractivity contribution in [2.75, 3.05) is 26.6 Å². The van der Waals surface area contributed by atoms with Gasteiger partial charge in [0.1, 0.15) is 6.79 Å². The molecule has 1 heterocycles. The lowest BCUT2D eigenvalue weighted by Crippen LogP contribution is -2.23. The summed E-state index contributed by atoms with van der Waals surface area (Å²) in [6, 6.07) is 0. The summed E-state index contributed by atoms with van der Waals surface area (Å²) in [5.74, 6) is 0. The zero-order chi connectivity index (χ0) is 9.36. The Labute approximate surface area is 78.8 Å². The van der Waals surface area contributed by atoms with Crippen molar-refractivity contribution in [2.45, 2.75) is 32.0 Å². The molecule has 1 aliphatic heterocycles. The Morgan fingerprint density at radius 2 is 2.23 bits per heavy atom. The molecular weight excluding hydrogens is 172 g/mol. The number of hydrogen-bond donors (Lipinski definition) is 1. The molecule has 1 atom stereocenters. The van der Waals surface area contributed by atoms with Gasteiger partial charge in [0.05, 0.1) is 13.2 Å². The summed E-state index contributed by atoms with van der Waals surface area (Å²) >= 11 is 0. The van der Waals surface area contributed by atoms with Crippen LogP contribution >= 0.6 is 0 Å². The molecule has 13 heavy (non-hydrogen) atoms. The van der Waals surface area contributed by atoms with E-state index in [1.165, 1.54) is 6.42 Å². The van der Waals surface area contributed by atoms with Gasteiger partial charge in [-0.25, -0.2) is 0 Å². The predicted molar refractivity (Wildman–Crippen MR) is 47.2 cm³/mol. The van der Waals surface area contributed by atoms with Crippen LogP contribution in [0.5, 0.6) is 0 Å². The maximum atomic E-state index is 8.33. The molecule has 0 aromatic rings. The van der Waals surface area contributed by atoms with Crippen molar-refractivity contribution < 1.29 is 19.3 Å². The third kappa shape index (κ3) is 5.21. The number of aliphatic hydroxyl groups excluding tert-OH is 1. The van der Waals surface area contributed by atoms with Gasteiger partial charge in [0.2, 0.25) is 0 Å². The molecule has 4 heteroatoms. The summed E-state index contributed by atoms with van der Waals surface area (Å²) in [4.78, 5) is 0. The number of rotatable bonds is 6. The molecule has 0 aliphatic carbocycles. The molecule has 1 aliphatic rings. The van der Waals surface area contributed by atoms with Gasteiger partial charge in [0.25, 0.3) is 0 Å². The molecule has 4 nitrogen and oxygen atoms in total. The van der Waals surface area contributed by atoms with Crippen LogP contribution in [0.2, 0.25) is 0 Å². The molecule has 0 aromatic heterocycles. The monoisotopic (exact) mass is 190 g/mol. The average molecular weight is 190 g/mol. The summed E-state index contributed by atoms with van der Waals surface area (Å²) in [5, 5.41) is 8.33. The Hall–Kier alpha value is -0.160. The number of aliphatic hydroxyl groups is 1. The third-order valence-corrected chi connectivity index (χ3v) is 1.97.